The summed E-state index contributed by atoms with van der Waals surface area (Å²) < 4.78 is 10.9. The van der Waals surface area contributed by atoms with E-state index in [1.54, 1.807) is 7.11 Å². The van der Waals surface area contributed by atoms with Crippen LogP contribution in [0.4, 0.5) is 0 Å². The van der Waals surface area contributed by atoms with Crippen LogP contribution in [0.3, 0.4) is 0 Å². The van der Waals surface area contributed by atoms with Crippen molar-refractivity contribution < 1.29 is 9.47 Å². The Bertz CT molecular complexity index is 386. The van der Waals surface area contributed by atoms with Crippen LogP contribution in [0.1, 0.15) is 17.5 Å². The van der Waals surface area contributed by atoms with Crippen molar-refractivity contribution in [3.05, 3.63) is 29.3 Å². The Labute approximate surface area is 103 Å². The van der Waals surface area contributed by atoms with Crippen LogP contribution in [-0.4, -0.2) is 33.9 Å². The highest BCUT2D eigenvalue weighted by Crippen LogP contribution is 2.40. The monoisotopic (exact) mass is 235 g/mol. The summed E-state index contributed by atoms with van der Waals surface area (Å²) in [7, 11) is 3.72. The Balaban J connectivity index is 2.32. The van der Waals surface area contributed by atoms with Crippen LogP contribution >= 0.6 is 0 Å². The molecule has 3 nitrogen and oxygen atoms in total. The van der Waals surface area contributed by atoms with E-state index in [2.05, 4.69) is 30.4 Å². The minimum atomic E-state index is 0.139. The molecule has 3 heteroatoms. The Kier molecular flexibility index (Phi) is 3.69. The highest BCUT2D eigenvalue weighted by molar-refractivity contribution is 5.43. The fourth-order valence-corrected chi connectivity index (χ4v) is 2.38. The van der Waals surface area contributed by atoms with Crippen molar-refractivity contribution in [2.75, 3.05) is 33.9 Å². The van der Waals surface area contributed by atoms with Crippen LogP contribution in [-0.2, 0) is 10.2 Å². The van der Waals surface area contributed by atoms with E-state index in [1.165, 1.54) is 11.1 Å². The molecule has 0 bridgehead atoms. The maximum absolute atomic E-state index is 5.49. The first-order valence-corrected chi connectivity index (χ1v) is 6.09. The molecule has 94 valence electrons. The van der Waals surface area contributed by atoms with Crippen molar-refractivity contribution in [3.63, 3.8) is 0 Å². The van der Waals surface area contributed by atoms with Gasteiger partial charge in [0.05, 0.1) is 20.3 Å². The number of nitrogens with one attached hydrogen (secondary N) is 1. The van der Waals surface area contributed by atoms with E-state index in [0.29, 0.717) is 0 Å². The predicted octanol–water partition coefficient (Wildman–Crippen LogP) is 1.88. The molecule has 0 unspecified atom stereocenters. The maximum atomic E-state index is 5.49. The summed E-state index contributed by atoms with van der Waals surface area (Å²) in [6, 6.07) is 6.38. The lowest BCUT2D eigenvalue weighted by Crippen LogP contribution is -2.48. The van der Waals surface area contributed by atoms with E-state index in [9.17, 15) is 0 Å². The molecule has 17 heavy (non-hydrogen) atoms. The van der Waals surface area contributed by atoms with E-state index in [0.717, 1.165) is 31.9 Å². The first kappa shape index (κ1) is 12.4. The zero-order valence-electron chi connectivity index (χ0n) is 10.9. The zero-order chi connectivity index (χ0) is 12.3. The minimum Gasteiger partial charge on any atom is -0.496 e. The van der Waals surface area contributed by atoms with E-state index in [1.807, 2.05) is 7.05 Å². The molecule has 0 aromatic heterocycles. The van der Waals surface area contributed by atoms with Crippen molar-refractivity contribution in [1.29, 1.82) is 0 Å². The van der Waals surface area contributed by atoms with Crippen LogP contribution in [0.5, 0.6) is 5.75 Å². The van der Waals surface area contributed by atoms with Gasteiger partial charge in [0, 0.05) is 11.0 Å². The van der Waals surface area contributed by atoms with Gasteiger partial charge in [-0.2, -0.15) is 0 Å². The second-order valence-corrected chi connectivity index (χ2v) is 4.83. The predicted molar refractivity (Wildman–Crippen MR) is 68.8 cm³/mol. The number of methoxy groups -OCH3 is 1. The fraction of sp³-hybridized carbons (Fsp3) is 0.571. The van der Waals surface area contributed by atoms with Crippen molar-refractivity contribution in [2.24, 2.45) is 0 Å². The Morgan fingerprint density at radius 2 is 2.18 bits per heavy atom. The molecule has 1 fully saturated rings. The van der Waals surface area contributed by atoms with Crippen molar-refractivity contribution >= 4 is 0 Å². The van der Waals surface area contributed by atoms with Gasteiger partial charge in [0.2, 0.25) is 0 Å². The summed E-state index contributed by atoms with van der Waals surface area (Å²) in [5.74, 6) is 0.981. The highest BCUT2D eigenvalue weighted by atomic mass is 16.5. The minimum absolute atomic E-state index is 0.139. The van der Waals surface area contributed by atoms with Gasteiger partial charge in [-0.3, -0.25) is 0 Å². The normalized spacial score (nSPS) is 17.6. The summed E-state index contributed by atoms with van der Waals surface area (Å²) >= 11 is 0. The Morgan fingerprint density at radius 3 is 2.71 bits per heavy atom. The smallest absolute Gasteiger partial charge is 0.122 e. The number of hydrogen-bond acceptors (Lipinski definition) is 3. The average Bonchev–Trinajstić information content (AvgIpc) is 2.28. The maximum Gasteiger partial charge on any atom is 0.122 e. The summed E-state index contributed by atoms with van der Waals surface area (Å²) in [4.78, 5) is 0. The molecule has 0 radical (unpaired) electrons. The second kappa shape index (κ2) is 5.07. The molecule has 0 spiro atoms. The van der Waals surface area contributed by atoms with Gasteiger partial charge in [-0.1, -0.05) is 17.7 Å². The third-order valence-electron chi connectivity index (χ3n) is 3.54. The molecule has 0 saturated carbocycles. The number of ether oxygens (including phenoxy) is 2. The Morgan fingerprint density at radius 1 is 1.41 bits per heavy atom. The van der Waals surface area contributed by atoms with Crippen LogP contribution in [0, 0.1) is 6.92 Å². The highest BCUT2D eigenvalue weighted by Gasteiger charge is 2.41. The van der Waals surface area contributed by atoms with E-state index < -0.39 is 0 Å². The van der Waals surface area contributed by atoms with Gasteiger partial charge < -0.3 is 14.8 Å². The third kappa shape index (κ3) is 2.31. The van der Waals surface area contributed by atoms with Crippen LogP contribution in [0.15, 0.2) is 18.2 Å². The lowest BCUT2D eigenvalue weighted by atomic mass is 9.75. The molecule has 1 aromatic rings. The van der Waals surface area contributed by atoms with Crippen molar-refractivity contribution in [2.45, 2.75) is 18.8 Å². The topological polar surface area (TPSA) is 30.5 Å². The summed E-state index contributed by atoms with van der Waals surface area (Å²) in [6.07, 6.45) is 1.09. The standard InChI is InChI=1S/C14H21NO2/c1-11-4-5-13(16-3)12(8-11)14(6-7-15-2)9-17-10-14/h4-5,8,15H,6-7,9-10H2,1-3H3. The number of aryl methyl sites for hydroxylation is 1. The summed E-state index contributed by atoms with van der Waals surface area (Å²) in [5.41, 5.74) is 2.71. The van der Waals surface area contributed by atoms with Gasteiger partial charge in [-0.05, 0) is 33.0 Å². The summed E-state index contributed by atoms with van der Waals surface area (Å²) in [5, 5.41) is 3.22. The van der Waals surface area contributed by atoms with E-state index in [4.69, 9.17) is 9.47 Å². The molecule has 1 aliphatic heterocycles. The average molecular weight is 235 g/mol. The van der Waals surface area contributed by atoms with Crippen LogP contribution in [0.25, 0.3) is 0 Å². The van der Waals surface area contributed by atoms with E-state index >= 15 is 0 Å². The van der Waals surface area contributed by atoms with Crippen molar-refractivity contribution in [3.8, 4) is 5.75 Å². The number of benzene rings is 1. The number of hydrogen-bond donors (Lipinski definition) is 1. The lowest BCUT2D eigenvalue weighted by Gasteiger charge is -2.42. The lowest BCUT2D eigenvalue weighted by molar-refractivity contribution is -0.0647. The van der Waals surface area contributed by atoms with Gasteiger partial charge >= 0.3 is 0 Å². The van der Waals surface area contributed by atoms with Gasteiger partial charge in [-0.15, -0.1) is 0 Å². The molecule has 0 aliphatic carbocycles. The molecule has 1 N–H and O–H groups in total. The van der Waals surface area contributed by atoms with Gasteiger partial charge in [0.15, 0.2) is 0 Å². The third-order valence-corrected chi connectivity index (χ3v) is 3.54. The SMILES string of the molecule is CNCCC1(c2cc(C)ccc2OC)COC1. The van der Waals surface area contributed by atoms with Gasteiger partial charge in [0.1, 0.15) is 5.75 Å². The molecule has 0 amide bonds. The quantitative estimate of drug-likeness (QED) is 0.845. The molecule has 1 heterocycles. The largest absolute Gasteiger partial charge is 0.496 e. The molecule has 1 saturated heterocycles. The zero-order valence-corrected chi connectivity index (χ0v) is 10.9. The van der Waals surface area contributed by atoms with Crippen molar-refractivity contribution in [1.82, 2.24) is 5.32 Å². The van der Waals surface area contributed by atoms with Gasteiger partial charge in [0.25, 0.3) is 0 Å². The summed E-state index contributed by atoms with van der Waals surface area (Å²) in [6.45, 7) is 4.72. The first-order chi connectivity index (χ1) is 8.22. The second-order valence-electron chi connectivity index (χ2n) is 4.83. The number of rotatable bonds is 5. The first-order valence-electron chi connectivity index (χ1n) is 6.09. The molecule has 2 rings (SSSR count). The van der Waals surface area contributed by atoms with E-state index in [-0.39, 0.29) is 5.41 Å². The van der Waals surface area contributed by atoms with Crippen LogP contribution < -0.4 is 10.1 Å². The fourth-order valence-electron chi connectivity index (χ4n) is 2.38. The molecule has 1 aromatic carbocycles. The van der Waals surface area contributed by atoms with Gasteiger partial charge in [-0.25, -0.2) is 0 Å². The molecule has 1 aliphatic rings. The molecular formula is C14H21NO2. The Hall–Kier alpha value is -1.06. The molecule has 0 atom stereocenters. The molecular weight excluding hydrogens is 214 g/mol. The van der Waals surface area contributed by atoms with Crippen LogP contribution in [0.2, 0.25) is 0 Å².